The van der Waals surface area contributed by atoms with Gasteiger partial charge in [0, 0.05) is 18.9 Å². The standard InChI is InChI=1S/C23H22ClN3O2/c24-22-21(23(28)25-18-12-16-8-4-5-9-19(16)29-14-18)26-20-11-10-17(13-27(20)22)15-6-2-1-3-7-15/h1-9,17-18H,10-14H2,(H,25,28)/t17?,18-/m1/s1. The highest BCUT2D eigenvalue weighted by atomic mass is 35.5. The van der Waals surface area contributed by atoms with Gasteiger partial charge in [0.05, 0.1) is 6.04 Å². The van der Waals surface area contributed by atoms with Crippen LogP contribution in [0.1, 0.15) is 39.8 Å². The van der Waals surface area contributed by atoms with E-state index < -0.39 is 0 Å². The summed E-state index contributed by atoms with van der Waals surface area (Å²) in [6.07, 6.45) is 2.56. The third-order valence-electron chi connectivity index (χ3n) is 5.80. The van der Waals surface area contributed by atoms with Crippen molar-refractivity contribution in [3.05, 3.63) is 82.4 Å². The van der Waals surface area contributed by atoms with Crippen LogP contribution in [-0.4, -0.2) is 28.1 Å². The molecule has 0 saturated heterocycles. The van der Waals surface area contributed by atoms with E-state index in [-0.39, 0.29) is 11.9 Å². The third-order valence-corrected chi connectivity index (χ3v) is 6.19. The lowest BCUT2D eigenvalue weighted by Crippen LogP contribution is -2.43. The van der Waals surface area contributed by atoms with Gasteiger partial charge in [-0.25, -0.2) is 4.98 Å². The Kier molecular flexibility index (Phi) is 4.76. The summed E-state index contributed by atoms with van der Waals surface area (Å²) in [5.41, 5.74) is 2.71. The number of carbonyl (C=O) groups excluding carboxylic acids is 1. The fraction of sp³-hybridized carbons (Fsp3) is 0.304. The first kappa shape index (κ1) is 18.3. The maximum absolute atomic E-state index is 12.9. The predicted octanol–water partition coefficient (Wildman–Crippen LogP) is 4.00. The molecule has 1 amide bonds. The number of aryl methyl sites for hydroxylation is 1. The zero-order valence-electron chi connectivity index (χ0n) is 16.0. The number of para-hydroxylation sites is 1. The highest BCUT2D eigenvalue weighted by molar-refractivity contribution is 6.32. The molecular formula is C23H22ClN3O2. The molecule has 2 aromatic carbocycles. The van der Waals surface area contributed by atoms with E-state index >= 15 is 0 Å². The summed E-state index contributed by atoms with van der Waals surface area (Å²) >= 11 is 6.60. The normalized spacial score (nSPS) is 20.3. The molecule has 0 fully saturated rings. The first-order valence-corrected chi connectivity index (χ1v) is 10.4. The quantitative estimate of drug-likeness (QED) is 0.714. The molecule has 5 nitrogen and oxygen atoms in total. The molecule has 0 radical (unpaired) electrons. The molecule has 2 atom stereocenters. The molecule has 0 saturated carbocycles. The van der Waals surface area contributed by atoms with Gasteiger partial charge in [-0.1, -0.05) is 60.1 Å². The molecule has 148 valence electrons. The summed E-state index contributed by atoms with van der Waals surface area (Å²) in [5.74, 6) is 1.92. The van der Waals surface area contributed by atoms with Crippen molar-refractivity contribution in [1.29, 1.82) is 0 Å². The second kappa shape index (κ2) is 7.56. The molecule has 5 rings (SSSR count). The van der Waals surface area contributed by atoms with Gasteiger partial charge >= 0.3 is 0 Å². The van der Waals surface area contributed by atoms with Crippen LogP contribution in [0.25, 0.3) is 0 Å². The zero-order valence-corrected chi connectivity index (χ0v) is 16.7. The van der Waals surface area contributed by atoms with Crippen LogP contribution in [0.4, 0.5) is 0 Å². The summed E-state index contributed by atoms with van der Waals surface area (Å²) in [6, 6.07) is 18.3. The number of amides is 1. The Morgan fingerprint density at radius 3 is 2.79 bits per heavy atom. The van der Waals surface area contributed by atoms with Crippen LogP contribution >= 0.6 is 11.6 Å². The molecule has 2 aliphatic rings. The van der Waals surface area contributed by atoms with Crippen molar-refractivity contribution in [2.75, 3.05) is 6.61 Å². The monoisotopic (exact) mass is 407 g/mol. The molecule has 3 heterocycles. The Hall–Kier alpha value is -2.79. The Balaban J connectivity index is 1.32. The number of benzene rings is 2. The first-order chi connectivity index (χ1) is 14.2. The highest BCUT2D eigenvalue weighted by Crippen LogP contribution is 2.32. The van der Waals surface area contributed by atoms with Crippen molar-refractivity contribution in [1.82, 2.24) is 14.9 Å². The van der Waals surface area contributed by atoms with E-state index in [0.29, 0.717) is 23.4 Å². The predicted molar refractivity (Wildman–Crippen MR) is 112 cm³/mol. The molecule has 0 bridgehead atoms. The molecule has 1 N–H and O–H groups in total. The Morgan fingerprint density at radius 2 is 1.93 bits per heavy atom. The second-order valence-corrected chi connectivity index (χ2v) is 8.08. The minimum absolute atomic E-state index is 0.0933. The number of carbonyl (C=O) groups is 1. The molecule has 2 aliphatic heterocycles. The number of halogens is 1. The van der Waals surface area contributed by atoms with Crippen molar-refractivity contribution in [2.24, 2.45) is 0 Å². The van der Waals surface area contributed by atoms with E-state index in [0.717, 1.165) is 42.9 Å². The van der Waals surface area contributed by atoms with Gasteiger partial charge in [0.2, 0.25) is 0 Å². The van der Waals surface area contributed by atoms with Gasteiger partial charge in [0.1, 0.15) is 23.3 Å². The third kappa shape index (κ3) is 3.51. The van der Waals surface area contributed by atoms with Gasteiger partial charge < -0.3 is 14.6 Å². The van der Waals surface area contributed by atoms with Crippen LogP contribution in [0.2, 0.25) is 5.15 Å². The van der Waals surface area contributed by atoms with E-state index in [2.05, 4.69) is 34.6 Å². The minimum Gasteiger partial charge on any atom is -0.491 e. The average molecular weight is 408 g/mol. The first-order valence-electron chi connectivity index (χ1n) is 10.0. The summed E-state index contributed by atoms with van der Waals surface area (Å²) in [6.45, 7) is 1.20. The van der Waals surface area contributed by atoms with Crippen LogP contribution in [-0.2, 0) is 19.4 Å². The van der Waals surface area contributed by atoms with E-state index in [1.165, 1.54) is 5.56 Å². The summed E-state index contributed by atoms with van der Waals surface area (Å²) in [5, 5.41) is 3.47. The number of hydrogen-bond donors (Lipinski definition) is 1. The van der Waals surface area contributed by atoms with Gasteiger partial charge in [-0.3, -0.25) is 4.79 Å². The van der Waals surface area contributed by atoms with Gasteiger partial charge in [0.15, 0.2) is 5.69 Å². The van der Waals surface area contributed by atoms with Crippen LogP contribution in [0.3, 0.4) is 0 Å². The summed E-state index contributed by atoms with van der Waals surface area (Å²) < 4.78 is 7.76. The molecule has 1 aromatic heterocycles. The maximum atomic E-state index is 12.9. The number of nitrogens with one attached hydrogen (secondary N) is 1. The number of imidazole rings is 1. The number of hydrogen-bond acceptors (Lipinski definition) is 3. The summed E-state index contributed by atoms with van der Waals surface area (Å²) in [7, 11) is 0. The number of fused-ring (bicyclic) bond motifs is 2. The number of ether oxygens (including phenoxy) is 1. The van der Waals surface area contributed by atoms with Crippen LogP contribution in [0, 0.1) is 0 Å². The lowest BCUT2D eigenvalue weighted by Gasteiger charge is -2.25. The molecule has 3 aromatic rings. The zero-order chi connectivity index (χ0) is 19.8. The Morgan fingerprint density at radius 1 is 1.14 bits per heavy atom. The van der Waals surface area contributed by atoms with Gasteiger partial charge in [-0.05, 0) is 30.0 Å². The van der Waals surface area contributed by atoms with Crippen molar-refractivity contribution in [3.63, 3.8) is 0 Å². The van der Waals surface area contributed by atoms with Gasteiger partial charge in [0.25, 0.3) is 5.91 Å². The smallest absolute Gasteiger partial charge is 0.273 e. The topological polar surface area (TPSA) is 56.1 Å². The van der Waals surface area contributed by atoms with Crippen LogP contribution in [0.5, 0.6) is 5.75 Å². The highest BCUT2D eigenvalue weighted by Gasteiger charge is 2.29. The van der Waals surface area contributed by atoms with Crippen LogP contribution < -0.4 is 10.1 Å². The lowest BCUT2D eigenvalue weighted by molar-refractivity contribution is 0.0910. The van der Waals surface area contributed by atoms with E-state index in [9.17, 15) is 4.79 Å². The molecule has 1 unspecified atom stereocenters. The van der Waals surface area contributed by atoms with E-state index in [1.54, 1.807) is 0 Å². The van der Waals surface area contributed by atoms with Crippen molar-refractivity contribution >= 4 is 17.5 Å². The number of rotatable bonds is 3. The number of nitrogens with zero attached hydrogens (tertiary/aromatic N) is 2. The van der Waals surface area contributed by atoms with E-state index in [4.69, 9.17) is 16.3 Å². The average Bonchev–Trinajstić information content (AvgIpc) is 3.10. The second-order valence-electron chi connectivity index (χ2n) is 7.72. The fourth-order valence-corrected chi connectivity index (χ4v) is 4.58. The number of aromatic nitrogens is 2. The lowest BCUT2D eigenvalue weighted by atomic mass is 9.92. The Bertz CT molecular complexity index is 1050. The minimum atomic E-state index is -0.235. The SMILES string of the molecule is O=C(N[C@H]1COc2ccccc2C1)c1nc2n(c1Cl)CC(c1ccccc1)CC2. The van der Waals surface area contributed by atoms with E-state index in [1.807, 2.05) is 34.9 Å². The largest absolute Gasteiger partial charge is 0.491 e. The molecule has 6 heteroatoms. The maximum Gasteiger partial charge on any atom is 0.273 e. The van der Waals surface area contributed by atoms with Gasteiger partial charge in [-0.2, -0.15) is 0 Å². The van der Waals surface area contributed by atoms with Crippen molar-refractivity contribution in [3.8, 4) is 5.75 Å². The van der Waals surface area contributed by atoms with Gasteiger partial charge in [-0.15, -0.1) is 0 Å². The van der Waals surface area contributed by atoms with Crippen molar-refractivity contribution < 1.29 is 9.53 Å². The molecule has 0 spiro atoms. The Labute approximate surface area is 174 Å². The fourth-order valence-electron chi connectivity index (χ4n) is 4.28. The van der Waals surface area contributed by atoms with Crippen LogP contribution in [0.15, 0.2) is 54.6 Å². The van der Waals surface area contributed by atoms with Crippen molar-refractivity contribution in [2.45, 2.75) is 37.8 Å². The summed E-state index contributed by atoms with van der Waals surface area (Å²) in [4.78, 5) is 17.5. The molecule has 29 heavy (non-hydrogen) atoms. The molecule has 0 aliphatic carbocycles. The molecular weight excluding hydrogens is 386 g/mol.